The van der Waals surface area contributed by atoms with Crippen molar-refractivity contribution in [3.05, 3.63) is 33.4 Å². The van der Waals surface area contributed by atoms with E-state index in [0.717, 1.165) is 0 Å². The van der Waals surface area contributed by atoms with E-state index in [1.807, 2.05) is 4.90 Å². The van der Waals surface area contributed by atoms with Gasteiger partial charge in [-0.05, 0) is 41.5 Å². The third-order valence-corrected chi connectivity index (χ3v) is 7.00. The summed E-state index contributed by atoms with van der Waals surface area (Å²) in [5.74, 6) is -2.07. The Balaban J connectivity index is 1.68. The lowest BCUT2D eigenvalue weighted by molar-refractivity contribution is -0.138. The Labute approximate surface area is 198 Å². The maximum Gasteiger partial charge on any atom is 0.256 e. The number of hydrogen-bond donors (Lipinski definition) is 0. The third-order valence-electron chi connectivity index (χ3n) is 7.00. The molecule has 0 saturated carbocycles. The summed E-state index contributed by atoms with van der Waals surface area (Å²) in [7, 11) is 0. The van der Waals surface area contributed by atoms with Crippen LogP contribution in [0.5, 0.6) is 0 Å². The molecule has 0 aliphatic carbocycles. The van der Waals surface area contributed by atoms with Gasteiger partial charge in [0.2, 0.25) is 0 Å². The zero-order valence-corrected chi connectivity index (χ0v) is 20.5. The van der Waals surface area contributed by atoms with Crippen LogP contribution in [0, 0.1) is 0 Å². The number of hydrogen-bond acceptors (Lipinski definition) is 7. The Morgan fingerprint density at radius 3 is 0.765 bits per heavy atom. The van der Waals surface area contributed by atoms with Crippen LogP contribution in [0.1, 0.15) is 41.5 Å². The van der Waals surface area contributed by atoms with Gasteiger partial charge in [0, 0.05) is 72.7 Å². The lowest BCUT2D eigenvalue weighted by atomic mass is 10.2. The lowest BCUT2D eigenvalue weighted by Gasteiger charge is -2.28. The van der Waals surface area contributed by atoms with Crippen LogP contribution in [-0.2, 0) is 28.8 Å². The zero-order chi connectivity index (χ0) is 25.5. The average molecular weight is 471 g/mol. The molecule has 0 aromatic rings. The Morgan fingerprint density at radius 2 is 0.588 bits per heavy atom. The van der Waals surface area contributed by atoms with Gasteiger partial charge in [-0.15, -0.1) is 0 Å². The first-order valence-corrected chi connectivity index (χ1v) is 11.2. The fraction of sp³-hybridized carbons (Fsp3) is 0.500. The fourth-order valence-electron chi connectivity index (χ4n) is 4.12. The number of carbonyl (C=O) groups is 6. The first kappa shape index (κ1) is 25.2. The van der Waals surface area contributed by atoms with Crippen molar-refractivity contribution >= 4 is 35.4 Å². The summed E-state index contributed by atoms with van der Waals surface area (Å²) in [6.07, 6.45) is 0. The molecule has 0 aromatic heterocycles. The first-order valence-electron chi connectivity index (χ1n) is 11.2. The molecule has 182 valence electrons. The summed E-state index contributed by atoms with van der Waals surface area (Å²) in [5, 5.41) is 0. The highest BCUT2D eigenvalue weighted by Crippen LogP contribution is 2.22. The van der Waals surface area contributed by atoms with Crippen molar-refractivity contribution in [2.45, 2.75) is 41.5 Å². The van der Waals surface area contributed by atoms with Crippen LogP contribution in [-0.4, -0.2) is 94.3 Å². The van der Waals surface area contributed by atoms with Crippen LogP contribution in [0.2, 0.25) is 0 Å². The van der Waals surface area contributed by atoms with Crippen LogP contribution in [0.4, 0.5) is 0 Å². The molecule has 6 amide bonds. The van der Waals surface area contributed by atoms with Gasteiger partial charge in [0.15, 0.2) is 0 Å². The van der Waals surface area contributed by atoms with E-state index in [2.05, 4.69) is 0 Å². The molecule has 0 saturated heterocycles. The SMILES string of the molecule is CC1=C(C)C(=O)N(CCN(CCN2C(=O)C(C)=C(C)C2=O)CCN2C(=O)C(C)=C(C)C2=O)C1=O. The van der Waals surface area contributed by atoms with E-state index in [1.165, 1.54) is 14.7 Å². The van der Waals surface area contributed by atoms with E-state index in [9.17, 15) is 28.8 Å². The summed E-state index contributed by atoms with van der Waals surface area (Å²) in [6, 6.07) is 0. The minimum Gasteiger partial charge on any atom is -0.298 e. The quantitative estimate of drug-likeness (QED) is 0.448. The van der Waals surface area contributed by atoms with E-state index >= 15 is 0 Å². The van der Waals surface area contributed by atoms with Crippen molar-refractivity contribution in [1.82, 2.24) is 19.6 Å². The number of imide groups is 3. The topological polar surface area (TPSA) is 115 Å². The van der Waals surface area contributed by atoms with Gasteiger partial charge < -0.3 is 0 Å². The van der Waals surface area contributed by atoms with E-state index < -0.39 is 0 Å². The molecule has 10 nitrogen and oxygen atoms in total. The molecular formula is C24H30N4O6. The number of nitrogens with zero attached hydrogens (tertiary/aromatic N) is 4. The Kier molecular flexibility index (Phi) is 7.02. The van der Waals surface area contributed by atoms with Crippen LogP contribution in [0.15, 0.2) is 33.4 Å². The van der Waals surface area contributed by atoms with E-state index in [4.69, 9.17) is 0 Å². The van der Waals surface area contributed by atoms with Crippen molar-refractivity contribution in [1.29, 1.82) is 0 Å². The van der Waals surface area contributed by atoms with Crippen molar-refractivity contribution in [2.24, 2.45) is 0 Å². The number of amides is 6. The summed E-state index contributed by atoms with van der Waals surface area (Å²) < 4.78 is 0. The smallest absolute Gasteiger partial charge is 0.256 e. The largest absolute Gasteiger partial charge is 0.298 e. The van der Waals surface area contributed by atoms with Crippen LogP contribution < -0.4 is 0 Å². The van der Waals surface area contributed by atoms with Crippen molar-refractivity contribution in [3.8, 4) is 0 Å². The standard InChI is InChI=1S/C24H30N4O6/c1-13-14(2)20(30)26(19(13)29)10-7-25(8-11-27-21(31)15(3)16(4)22(27)32)9-12-28-23(33)17(5)18(6)24(28)34/h7-12H2,1-6H3. The molecule has 10 heteroatoms. The molecule has 0 N–H and O–H groups in total. The average Bonchev–Trinajstić information content (AvgIpc) is 3.21. The van der Waals surface area contributed by atoms with Gasteiger partial charge in [0.05, 0.1) is 0 Å². The van der Waals surface area contributed by atoms with Gasteiger partial charge in [-0.2, -0.15) is 0 Å². The van der Waals surface area contributed by atoms with E-state index in [1.54, 1.807) is 41.5 Å². The lowest BCUT2D eigenvalue weighted by Crippen LogP contribution is -2.46. The molecule has 0 spiro atoms. The number of carbonyl (C=O) groups excluding carboxylic acids is 6. The summed E-state index contributed by atoms with van der Waals surface area (Å²) in [4.78, 5) is 79.8. The maximum absolute atomic E-state index is 12.4. The summed E-state index contributed by atoms with van der Waals surface area (Å²) in [6.45, 7) is 10.8. The molecule has 3 heterocycles. The highest BCUT2D eigenvalue weighted by atomic mass is 16.2. The van der Waals surface area contributed by atoms with Crippen molar-refractivity contribution in [3.63, 3.8) is 0 Å². The molecule has 0 fully saturated rings. The van der Waals surface area contributed by atoms with Crippen molar-refractivity contribution in [2.75, 3.05) is 39.3 Å². The predicted octanol–water partition coefficient (Wildman–Crippen LogP) is 0.404. The fourth-order valence-corrected chi connectivity index (χ4v) is 4.12. The maximum atomic E-state index is 12.4. The second-order valence-corrected chi connectivity index (χ2v) is 8.88. The molecule has 0 unspecified atom stereocenters. The minimum absolute atomic E-state index is 0.114. The monoisotopic (exact) mass is 470 g/mol. The first-order chi connectivity index (χ1) is 15.9. The number of rotatable bonds is 9. The highest BCUT2D eigenvalue weighted by molar-refractivity contribution is 6.20. The molecule has 0 aromatic carbocycles. The molecule has 3 aliphatic heterocycles. The zero-order valence-electron chi connectivity index (χ0n) is 20.5. The van der Waals surface area contributed by atoms with Crippen LogP contribution >= 0.6 is 0 Å². The van der Waals surface area contributed by atoms with Gasteiger partial charge >= 0.3 is 0 Å². The highest BCUT2D eigenvalue weighted by Gasteiger charge is 2.36. The normalized spacial score (nSPS) is 19.7. The Morgan fingerprint density at radius 1 is 0.412 bits per heavy atom. The molecule has 34 heavy (non-hydrogen) atoms. The molecule has 0 bridgehead atoms. The van der Waals surface area contributed by atoms with Gasteiger partial charge in [-0.1, -0.05) is 0 Å². The predicted molar refractivity (Wildman–Crippen MR) is 122 cm³/mol. The third kappa shape index (κ3) is 4.25. The summed E-state index contributed by atoms with van der Waals surface area (Å²) in [5.41, 5.74) is 2.46. The van der Waals surface area contributed by atoms with Crippen LogP contribution in [0.25, 0.3) is 0 Å². The Hall–Kier alpha value is -3.40. The van der Waals surface area contributed by atoms with Crippen molar-refractivity contribution < 1.29 is 28.8 Å². The minimum atomic E-state index is -0.344. The van der Waals surface area contributed by atoms with Gasteiger partial charge in [-0.3, -0.25) is 48.4 Å². The molecule has 3 rings (SSSR count). The second-order valence-electron chi connectivity index (χ2n) is 8.88. The Bertz CT molecular complexity index is 903. The van der Waals surface area contributed by atoms with Gasteiger partial charge in [0.1, 0.15) is 0 Å². The second kappa shape index (κ2) is 9.46. The summed E-state index contributed by atoms with van der Waals surface area (Å²) >= 11 is 0. The van der Waals surface area contributed by atoms with E-state index in [0.29, 0.717) is 33.4 Å². The van der Waals surface area contributed by atoms with E-state index in [-0.39, 0.29) is 74.7 Å². The van der Waals surface area contributed by atoms with Gasteiger partial charge in [-0.25, -0.2) is 0 Å². The van der Waals surface area contributed by atoms with Crippen LogP contribution in [0.3, 0.4) is 0 Å². The molecule has 0 atom stereocenters. The molecular weight excluding hydrogens is 440 g/mol. The molecule has 3 aliphatic rings. The van der Waals surface area contributed by atoms with Gasteiger partial charge in [0.25, 0.3) is 35.4 Å². The molecule has 0 radical (unpaired) electrons.